The largest absolute Gasteiger partial charge is 0.496 e. The van der Waals surface area contributed by atoms with Crippen LogP contribution in [0.3, 0.4) is 0 Å². The molecule has 2 rings (SSSR count). The van der Waals surface area contributed by atoms with Crippen LogP contribution in [0.1, 0.15) is 42.3 Å². The van der Waals surface area contributed by atoms with Crippen LogP contribution in [0, 0.1) is 12.3 Å². The second kappa shape index (κ2) is 11.9. The Bertz CT molecular complexity index is 635. The van der Waals surface area contributed by atoms with Gasteiger partial charge in [-0.3, -0.25) is 4.79 Å². The highest BCUT2D eigenvalue weighted by atomic mass is 16.5. The molecule has 0 aromatic heterocycles. The standard InChI is InChI=1S/C9H12N2.C9H10O2.C2H6/c1-7(10)8-3-5-9(11-2)6-4-8;1-7-4-3-5-9(11-2)8(7)6-10;1-2/h3-6,10-11H,1-2H3;3-6H,1-2H3;1-2H3. The maximum Gasteiger partial charge on any atom is 0.154 e. The number of carbonyl (C=O) groups is 1. The number of carbonyl (C=O) groups excluding carboxylic acids is 1. The van der Waals surface area contributed by atoms with E-state index >= 15 is 0 Å². The van der Waals surface area contributed by atoms with Crippen LogP contribution >= 0.6 is 0 Å². The maximum atomic E-state index is 10.5. The number of nitrogens with one attached hydrogen (secondary N) is 2. The van der Waals surface area contributed by atoms with E-state index in [0.29, 0.717) is 17.0 Å². The lowest BCUT2D eigenvalue weighted by molar-refractivity contribution is 0.112. The number of methoxy groups -OCH3 is 1. The Labute approximate surface area is 145 Å². The van der Waals surface area contributed by atoms with Crippen molar-refractivity contribution >= 4 is 17.7 Å². The van der Waals surface area contributed by atoms with Crippen molar-refractivity contribution in [2.45, 2.75) is 27.7 Å². The lowest BCUT2D eigenvalue weighted by Gasteiger charge is -2.04. The number of aryl methyl sites for hydroxylation is 1. The average Bonchev–Trinajstić information content (AvgIpc) is 2.63. The Morgan fingerprint density at radius 3 is 2.08 bits per heavy atom. The number of benzene rings is 2. The van der Waals surface area contributed by atoms with Gasteiger partial charge in [-0.15, -0.1) is 0 Å². The van der Waals surface area contributed by atoms with E-state index in [2.05, 4.69) is 5.32 Å². The number of aldehydes is 1. The summed E-state index contributed by atoms with van der Waals surface area (Å²) in [5, 5.41) is 10.4. The minimum atomic E-state index is 0.604. The van der Waals surface area contributed by atoms with Crippen LogP contribution in [-0.2, 0) is 0 Å². The fourth-order valence-electron chi connectivity index (χ4n) is 1.87. The van der Waals surface area contributed by atoms with Crippen molar-refractivity contribution in [2.75, 3.05) is 19.5 Å². The molecule has 130 valence electrons. The molecule has 0 heterocycles. The third-order valence-corrected chi connectivity index (χ3v) is 3.23. The maximum absolute atomic E-state index is 10.5. The molecule has 4 heteroatoms. The first kappa shape index (κ1) is 21.4. The van der Waals surface area contributed by atoms with E-state index in [0.717, 1.165) is 23.1 Å². The van der Waals surface area contributed by atoms with Crippen LogP contribution in [0.15, 0.2) is 42.5 Å². The lowest BCUT2D eigenvalue weighted by Crippen LogP contribution is -1.92. The minimum Gasteiger partial charge on any atom is -0.496 e. The van der Waals surface area contributed by atoms with Gasteiger partial charge in [-0.2, -0.15) is 0 Å². The quantitative estimate of drug-likeness (QED) is 0.616. The molecule has 0 fully saturated rings. The molecule has 0 saturated carbocycles. The van der Waals surface area contributed by atoms with Crippen LogP contribution in [0.25, 0.3) is 0 Å². The molecule has 2 aromatic rings. The summed E-state index contributed by atoms with van der Waals surface area (Å²) in [6.45, 7) is 7.67. The molecule has 2 N–H and O–H groups in total. The van der Waals surface area contributed by atoms with E-state index in [4.69, 9.17) is 10.1 Å². The van der Waals surface area contributed by atoms with Crippen molar-refractivity contribution in [3.8, 4) is 5.75 Å². The van der Waals surface area contributed by atoms with Gasteiger partial charge in [0, 0.05) is 18.4 Å². The molecule has 0 bridgehead atoms. The van der Waals surface area contributed by atoms with Crippen molar-refractivity contribution in [3.05, 3.63) is 59.2 Å². The fraction of sp³-hybridized carbons (Fsp3) is 0.300. The molecule has 2 aromatic carbocycles. The SMILES string of the molecule is CC.CNc1ccc(C(C)=N)cc1.COc1cccc(C)c1C=O. The van der Waals surface area contributed by atoms with Gasteiger partial charge in [0.25, 0.3) is 0 Å². The van der Waals surface area contributed by atoms with E-state index in [1.54, 1.807) is 20.1 Å². The van der Waals surface area contributed by atoms with Gasteiger partial charge < -0.3 is 15.5 Å². The summed E-state index contributed by atoms with van der Waals surface area (Å²) in [5.41, 5.74) is 4.24. The van der Waals surface area contributed by atoms with Crippen molar-refractivity contribution in [1.82, 2.24) is 0 Å². The first-order valence-corrected chi connectivity index (χ1v) is 7.95. The molecule has 0 aliphatic rings. The predicted octanol–water partition coefficient (Wildman–Crippen LogP) is 4.96. The first-order valence-electron chi connectivity index (χ1n) is 7.95. The summed E-state index contributed by atoms with van der Waals surface area (Å²) >= 11 is 0. The Hall–Kier alpha value is -2.62. The first-order chi connectivity index (χ1) is 11.5. The molecule has 0 radical (unpaired) electrons. The predicted molar refractivity (Wildman–Crippen MR) is 103 cm³/mol. The van der Waals surface area contributed by atoms with Crippen molar-refractivity contribution in [1.29, 1.82) is 5.41 Å². The van der Waals surface area contributed by atoms with Crippen LogP contribution in [0.4, 0.5) is 5.69 Å². The molecule has 0 amide bonds. The number of hydrogen-bond acceptors (Lipinski definition) is 4. The number of anilines is 1. The van der Waals surface area contributed by atoms with Crippen molar-refractivity contribution in [3.63, 3.8) is 0 Å². The highest BCUT2D eigenvalue weighted by Gasteiger charge is 2.02. The normalized spacial score (nSPS) is 8.75. The van der Waals surface area contributed by atoms with Gasteiger partial charge in [0.15, 0.2) is 6.29 Å². The topological polar surface area (TPSA) is 62.2 Å². The highest BCUT2D eigenvalue weighted by Crippen LogP contribution is 2.18. The van der Waals surface area contributed by atoms with Gasteiger partial charge >= 0.3 is 0 Å². The smallest absolute Gasteiger partial charge is 0.154 e. The van der Waals surface area contributed by atoms with Gasteiger partial charge in [0.05, 0.1) is 12.7 Å². The van der Waals surface area contributed by atoms with Gasteiger partial charge in [-0.25, -0.2) is 0 Å². The average molecular weight is 328 g/mol. The summed E-state index contributed by atoms with van der Waals surface area (Å²) in [5.74, 6) is 0.639. The molecule has 0 aliphatic heterocycles. The molecule has 0 unspecified atom stereocenters. The van der Waals surface area contributed by atoms with Crippen LogP contribution in [-0.4, -0.2) is 26.2 Å². The van der Waals surface area contributed by atoms with Gasteiger partial charge in [-0.05, 0) is 43.2 Å². The molecular weight excluding hydrogens is 300 g/mol. The summed E-state index contributed by atoms with van der Waals surface area (Å²) in [7, 11) is 3.44. The van der Waals surface area contributed by atoms with Gasteiger partial charge in [0.2, 0.25) is 0 Å². The van der Waals surface area contributed by atoms with Crippen LogP contribution < -0.4 is 10.1 Å². The van der Waals surface area contributed by atoms with Gasteiger partial charge in [-0.1, -0.05) is 38.1 Å². The van der Waals surface area contributed by atoms with Crippen molar-refractivity contribution < 1.29 is 9.53 Å². The lowest BCUT2D eigenvalue weighted by atomic mass is 10.1. The van der Waals surface area contributed by atoms with Gasteiger partial charge in [0.1, 0.15) is 5.75 Å². The monoisotopic (exact) mass is 328 g/mol. The zero-order valence-electron chi connectivity index (χ0n) is 15.4. The number of rotatable bonds is 4. The number of ether oxygens (including phenoxy) is 1. The summed E-state index contributed by atoms with van der Waals surface area (Å²) in [4.78, 5) is 10.5. The third-order valence-electron chi connectivity index (χ3n) is 3.23. The third kappa shape index (κ3) is 6.65. The highest BCUT2D eigenvalue weighted by molar-refractivity contribution is 5.96. The minimum absolute atomic E-state index is 0.604. The molecular formula is C20H28N2O2. The Morgan fingerprint density at radius 1 is 1.12 bits per heavy atom. The summed E-state index contributed by atoms with van der Waals surface area (Å²) < 4.78 is 4.99. The van der Waals surface area contributed by atoms with E-state index in [-0.39, 0.29) is 0 Å². The zero-order chi connectivity index (χ0) is 18.5. The molecule has 4 nitrogen and oxygen atoms in total. The Morgan fingerprint density at radius 2 is 1.71 bits per heavy atom. The van der Waals surface area contributed by atoms with E-state index in [1.165, 1.54) is 0 Å². The fourth-order valence-corrected chi connectivity index (χ4v) is 1.87. The summed E-state index contributed by atoms with van der Waals surface area (Å²) in [6.07, 6.45) is 0.814. The second-order valence-corrected chi connectivity index (χ2v) is 4.76. The number of hydrogen-bond donors (Lipinski definition) is 2. The molecule has 0 atom stereocenters. The van der Waals surface area contributed by atoms with E-state index in [9.17, 15) is 4.79 Å². The molecule has 24 heavy (non-hydrogen) atoms. The van der Waals surface area contributed by atoms with Crippen LogP contribution in [0.5, 0.6) is 5.75 Å². The molecule has 0 aliphatic carbocycles. The molecule has 0 saturated heterocycles. The molecule has 0 spiro atoms. The summed E-state index contributed by atoms with van der Waals surface area (Å²) in [6, 6.07) is 13.3. The zero-order valence-corrected chi connectivity index (χ0v) is 15.4. The van der Waals surface area contributed by atoms with E-state index < -0.39 is 0 Å². The van der Waals surface area contributed by atoms with E-state index in [1.807, 2.05) is 64.2 Å². The Kier molecular flexibility index (Phi) is 10.6. The van der Waals surface area contributed by atoms with Crippen LogP contribution in [0.2, 0.25) is 0 Å². The second-order valence-electron chi connectivity index (χ2n) is 4.76. The Balaban J connectivity index is 0.000000400. The van der Waals surface area contributed by atoms with Crippen molar-refractivity contribution in [2.24, 2.45) is 0 Å².